The molecule has 3 atom stereocenters. The van der Waals surface area contributed by atoms with Crippen LogP contribution in [0.4, 0.5) is 0 Å². The Kier molecular flexibility index (Phi) is 4.79. The van der Waals surface area contributed by atoms with Crippen LogP contribution in [0.3, 0.4) is 0 Å². The Hall–Kier alpha value is -2.84. The summed E-state index contributed by atoms with van der Waals surface area (Å²) >= 11 is 1.41. The number of benzene rings is 2. The molecule has 0 saturated carbocycles. The predicted octanol–water partition coefficient (Wildman–Crippen LogP) is 2.19. The van der Waals surface area contributed by atoms with Gasteiger partial charge in [0.15, 0.2) is 5.54 Å². The SMILES string of the molecule is N[C@@]1(C(=O)OCC2c3ccccc3-c3ccccc32)CC[C@@H]2SC[C@@H](C(=O)O)N2C1=O. The number of carbonyl (C=O) groups excluding carboxylic acids is 2. The summed E-state index contributed by atoms with van der Waals surface area (Å²) in [4.78, 5) is 38.9. The van der Waals surface area contributed by atoms with Crippen LogP contribution < -0.4 is 5.73 Å². The number of piperidine rings is 1. The Morgan fingerprint density at radius 3 is 2.35 bits per heavy atom. The third-order valence-electron chi connectivity index (χ3n) is 6.49. The van der Waals surface area contributed by atoms with Crippen molar-refractivity contribution < 1.29 is 24.2 Å². The van der Waals surface area contributed by atoms with Crippen LogP contribution in [0.15, 0.2) is 48.5 Å². The first-order chi connectivity index (χ1) is 14.9. The molecule has 1 amide bonds. The van der Waals surface area contributed by atoms with Gasteiger partial charge in [0.25, 0.3) is 5.91 Å². The average molecular weight is 439 g/mol. The van der Waals surface area contributed by atoms with Crippen LogP contribution in [-0.4, -0.2) is 57.2 Å². The number of hydrogen-bond acceptors (Lipinski definition) is 6. The zero-order chi connectivity index (χ0) is 21.8. The molecule has 2 heterocycles. The number of esters is 1. The van der Waals surface area contributed by atoms with Crippen molar-refractivity contribution in [2.24, 2.45) is 5.73 Å². The number of thioether (sulfide) groups is 1. The molecule has 2 fully saturated rings. The molecule has 2 aromatic rings. The summed E-state index contributed by atoms with van der Waals surface area (Å²) in [5.74, 6) is -2.37. The van der Waals surface area contributed by atoms with E-state index < -0.39 is 29.4 Å². The first-order valence-corrected chi connectivity index (χ1v) is 11.3. The molecule has 0 spiro atoms. The number of hydrogen-bond donors (Lipinski definition) is 2. The fraction of sp³-hybridized carbons (Fsp3) is 0.348. The summed E-state index contributed by atoms with van der Waals surface area (Å²) in [6, 6.07) is 15.0. The number of carboxylic acid groups (broad SMARTS) is 1. The van der Waals surface area contributed by atoms with E-state index in [4.69, 9.17) is 10.5 Å². The van der Waals surface area contributed by atoms with Crippen molar-refractivity contribution in [1.29, 1.82) is 0 Å². The molecule has 160 valence electrons. The van der Waals surface area contributed by atoms with E-state index in [1.165, 1.54) is 16.7 Å². The van der Waals surface area contributed by atoms with Gasteiger partial charge < -0.3 is 20.5 Å². The van der Waals surface area contributed by atoms with Gasteiger partial charge >= 0.3 is 11.9 Å². The minimum absolute atomic E-state index is 0.0691. The van der Waals surface area contributed by atoms with E-state index in [1.807, 2.05) is 48.5 Å². The van der Waals surface area contributed by atoms with E-state index in [1.54, 1.807) is 0 Å². The molecular formula is C23H22N2O5S. The molecular weight excluding hydrogens is 416 g/mol. The molecule has 0 radical (unpaired) electrons. The van der Waals surface area contributed by atoms with Crippen molar-refractivity contribution >= 4 is 29.6 Å². The zero-order valence-electron chi connectivity index (χ0n) is 16.7. The lowest BCUT2D eigenvalue weighted by Gasteiger charge is -2.40. The molecule has 5 rings (SSSR count). The Labute approximate surface area is 183 Å². The zero-order valence-corrected chi connectivity index (χ0v) is 17.5. The summed E-state index contributed by atoms with van der Waals surface area (Å²) in [6.07, 6.45) is 0.601. The smallest absolute Gasteiger partial charge is 0.336 e. The highest BCUT2D eigenvalue weighted by Crippen LogP contribution is 2.45. The molecule has 8 heteroatoms. The molecule has 0 unspecified atom stereocenters. The number of nitrogens with zero attached hydrogens (tertiary/aromatic N) is 1. The number of carbonyl (C=O) groups is 3. The molecule has 3 aliphatic rings. The van der Waals surface area contributed by atoms with Crippen molar-refractivity contribution in [3.63, 3.8) is 0 Å². The third-order valence-corrected chi connectivity index (χ3v) is 7.84. The molecule has 2 saturated heterocycles. The van der Waals surface area contributed by atoms with Gasteiger partial charge in [0.05, 0.1) is 5.37 Å². The molecule has 7 nitrogen and oxygen atoms in total. The van der Waals surface area contributed by atoms with Crippen LogP contribution in [-0.2, 0) is 19.1 Å². The van der Waals surface area contributed by atoms with Crippen LogP contribution in [0.5, 0.6) is 0 Å². The third kappa shape index (κ3) is 3.04. The second-order valence-corrected chi connectivity index (χ2v) is 9.40. The quantitative estimate of drug-likeness (QED) is 0.556. The van der Waals surface area contributed by atoms with E-state index in [0.29, 0.717) is 12.2 Å². The van der Waals surface area contributed by atoms with Gasteiger partial charge in [0.2, 0.25) is 0 Å². The fourth-order valence-electron chi connectivity index (χ4n) is 4.85. The number of carboxylic acids is 1. The molecule has 0 bridgehead atoms. The van der Waals surface area contributed by atoms with Crippen molar-refractivity contribution in [1.82, 2.24) is 4.90 Å². The van der Waals surface area contributed by atoms with Crippen LogP contribution in [0.1, 0.15) is 29.9 Å². The molecule has 3 N–H and O–H groups in total. The van der Waals surface area contributed by atoms with Crippen LogP contribution in [0.25, 0.3) is 11.1 Å². The number of rotatable bonds is 4. The second kappa shape index (κ2) is 7.39. The van der Waals surface area contributed by atoms with Gasteiger partial charge in [-0.05, 0) is 35.1 Å². The van der Waals surface area contributed by atoms with Gasteiger partial charge in [-0.2, -0.15) is 0 Å². The lowest BCUT2D eigenvalue weighted by molar-refractivity contribution is -0.165. The van der Waals surface area contributed by atoms with E-state index >= 15 is 0 Å². The van der Waals surface area contributed by atoms with Gasteiger partial charge in [-0.25, -0.2) is 9.59 Å². The topological polar surface area (TPSA) is 110 Å². The Morgan fingerprint density at radius 2 is 1.74 bits per heavy atom. The highest BCUT2D eigenvalue weighted by Gasteiger charge is 2.56. The first-order valence-electron chi connectivity index (χ1n) is 10.2. The van der Waals surface area contributed by atoms with Gasteiger partial charge in [-0.15, -0.1) is 11.8 Å². The lowest BCUT2D eigenvalue weighted by atomic mass is 9.88. The van der Waals surface area contributed by atoms with Gasteiger partial charge in [-0.3, -0.25) is 4.79 Å². The molecule has 2 aliphatic heterocycles. The van der Waals surface area contributed by atoms with E-state index in [9.17, 15) is 19.5 Å². The number of fused-ring (bicyclic) bond motifs is 4. The number of ether oxygens (including phenoxy) is 1. The van der Waals surface area contributed by atoms with Crippen LogP contribution in [0, 0.1) is 0 Å². The standard InChI is InChI=1S/C23H22N2O5S/c24-23(10-9-19-25(21(23)28)18(12-31-19)20(26)27)22(29)30-11-17-15-7-3-1-5-13(15)14-6-2-4-8-16(14)17/h1-8,17-19H,9-12,24H2,(H,26,27)/t18-,19-,23-/m0/s1. The number of nitrogens with two attached hydrogens (primary N) is 1. The monoisotopic (exact) mass is 438 g/mol. The fourth-order valence-corrected chi connectivity index (χ4v) is 6.25. The minimum Gasteiger partial charge on any atom is -0.480 e. The average Bonchev–Trinajstić information content (AvgIpc) is 3.35. The van der Waals surface area contributed by atoms with Crippen molar-refractivity contribution in [2.75, 3.05) is 12.4 Å². The van der Waals surface area contributed by atoms with Crippen LogP contribution >= 0.6 is 11.8 Å². The van der Waals surface area contributed by atoms with Gasteiger partial charge in [0.1, 0.15) is 12.6 Å². The summed E-state index contributed by atoms with van der Waals surface area (Å²) in [5, 5.41) is 9.19. The van der Waals surface area contributed by atoms with Crippen molar-refractivity contribution in [3.8, 4) is 11.1 Å². The molecule has 2 aromatic carbocycles. The summed E-state index contributed by atoms with van der Waals surface area (Å²) in [5.41, 5.74) is 8.77. The molecule has 31 heavy (non-hydrogen) atoms. The number of amides is 1. The summed E-state index contributed by atoms with van der Waals surface area (Å²) in [7, 11) is 0. The first kappa shape index (κ1) is 20.1. The summed E-state index contributed by atoms with van der Waals surface area (Å²) < 4.78 is 5.63. The van der Waals surface area contributed by atoms with Gasteiger partial charge in [0, 0.05) is 11.7 Å². The minimum atomic E-state index is -1.85. The Balaban J connectivity index is 1.36. The Bertz CT molecular complexity index is 1040. The Morgan fingerprint density at radius 1 is 1.13 bits per heavy atom. The largest absolute Gasteiger partial charge is 0.480 e. The second-order valence-electron chi connectivity index (χ2n) is 8.19. The van der Waals surface area contributed by atoms with Crippen molar-refractivity contribution in [3.05, 3.63) is 59.7 Å². The van der Waals surface area contributed by atoms with E-state index in [-0.39, 0.29) is 24.3 Å². The maximum absolute atomic E-state index is 13.1. The highest BCUT2D eigenvalue weighted by atomic mass is 32.2. The highest BCUT2D eigenvalue weighted by molar-refractivity contribution is 8.00. The number of aliphatic carboxylic acids is 1. The predicted molar refractivity (Wildman–Crippen MR) is 115 cm³/mol. The van der Waals surface area contributed by atoms with Crippen LogP contribution in [0.2, 0.25) is 0 Å². The summed E-state index contributed by atoms with van der Waals surface area (Å²) in [6.45, 7) is 0.0691. The van der Waals surface area contributed by atoms with E-state index in [0.717, 1.165) is 22.3 Å². The maximum atomic E-state index is 13.1. The molecule has 0 aromatic heterocycles. The molecule has 1 aliphatic carbocycles. The lowest BCUT2D eigenvalue weighted by Crippen LogP contribution is -2.67. The van der Waals surface area contributed by atoms with E-state index in [2.05, 4.69) is 0 Å². The van der Waals surface area contributed by atoms with Crippen molar-refractivity contribution in [2.45, 2.75) is 35.7 Å². The normalized spacial score (nSPS) is 26.9. The van der Waals surface area contributed by atoms with Gasteiger partial charge in [-0.1, -0.05) is 48.5 Å². The maximum Gasteiger partial charge on any atom is 0.336 e.